The van der Waals surface area contributed by atoms with Gasteiger partial charge in [-0.1, -0.05) is 90.5 Å². The molecule has 1 aliphatic rings. The van der Waals surface area contributed by atoms with Gasteiger partial charge in [0.05, 0.1) is 0 Å². The van der Waals surface area contributed by atoms with Gasteiger partial charge in [-0.2, -0.15) is 0 Å². The highest BCUT2D eigenvalue weighted by molar-refractivity contribution is 6.01. The molecule has 1 saturated heterocycles. The zero-order valence-corrected chi connectivity index (χ0v) is 21.1. The highest BCUT2D eigenvalue weighted by Gasteiger charge is 2.21. The van der Waals surface area contributed by atoms with Gasteiger partial charge >= 0.3 is 6.03 Å². The van der Waals surface area contributed by atoms with Gasteiger partial charge < -0.3 is 10.6 Å². The molecule has 38 heavy (non-hydrogen) atoms. The van der Waals surface area contributed by atoms with E-state index in [1.807, 2.05) is 47.5 Å². The summed E-state index contributed by atoms with van der Waals surface area (Å²) >= 11 is 0. The molecule has 0 aromatic heterocycles. The molecule has 0 radical (unpaired) electrons. The third-order valence-electron chi connectivity index (χ3n) is 6.52. The van der Waals surface area contributed by atoms with Gasteiger partial charge in [-0.3, -0.25) is 10.2 Å². The Balaban J connectivity index is 1.22. The standard InChI is InChI=1S/C32H30N4O2/c37-31(27-15-10-18-29(23-27)34-32(38)33-28-16-8-3-9-17-28)35-36-21-19-26(20-22-36)30(24-11-4-1-5-12-24)25-13-6-2-7-14-25/h1-18,23H,19-22H2,(H,35,37)(H2,33,34,38). The average molecular weight is 503 g/mol. The number of hydrogen-bond donors (Lipinski definition) is 3. The average Bonchev–Trinajstić information content (AvgIpc) is 2.96. The van der Waals surface area contributed by atoms with E-state index in [9.17, 15) is 9.59 Å². The van der Waals surface area contributed by atoms with Crippen molar-refractivity contribution in [1.29, 1.82) is 0 Å². The predicted molar refractivity (Wildman–Crippen MR) is 153 cm³/mol. The number of para-hydroxylation sites is 1. The van der Waals surface area contributed by atoms with Gasteiger partial charge in [-0.15, -0.1) is 0 Å². The fourth-order valence-electron chi connectivity index (χ4n) is 4.68. The van der Waals surface area contributed by atoms with Crippen molar-refractivity contribution in [3.8, 4) is 0 Å². The van der Waals surface area contributed by atoms with Crippen LogP contribution in [0.25, 0.3) is 5.57 Å². The number of carbonyl (C=O) groups is 2. The number of urea groups is 1. The summed E-state index contributed by atoms with van der Waals surface area (Å²) < 4.78 is 0. The van der Waals surface area contributed by atoms with Crippen molar-refractivity contribution < 1.29 is 9.59 Å². The molecule has 0 saturated carbocycles. The molecule has 4 aromatic rings. The first-order valence-corrected chi connectivity index (χ1v) is 12.8. The van der Waals surface area contributed by atoms with Crippen LogP contribution in [0, 0.1) is 0 Å². The summed E-state index contributed by atoms with van der Waals surface area (Å²) in [4.78, 5) is 25.3. The molecule has 5 rings (SSSR count). The zero-order valence-electron chi connectivity index (χ0n) is 21.1. The molecule has 6 nitrogen and oxygen atoms in total. The first-order valence-electron chi connectivity index (χ1n) is 12.8. The number of hydrogen-bond acceptors (Lipinski definition) is 3. The third-order valence-corrected chi connectivity index (χ3v) is 6.52. The van der Waals surface area contributed by atoms with E-state index in [0.29, 0.717) is 16.9 Å². The van der Waals surface area contributed by atoms with Crippen LogP contribution >= 0.6 is 0 Å². The van der Waals surface area contributed by atoms with E-state index < -0.39 is 0 Å². The van der Waals surface area contributed by atoms with Crippen molar-refractivity contribution in [2.24, 2.45) is 0 Å². The molecule has 0 atom stereocenters. The maximum atomic E-state index is 13.0. The Morgan fingerprint density at radius 2 is 1.08 bits per heavy atom. The summed E-state index contributed by atoms with van der Waals surface area (Å²) in [5.74, 6) is -0.198. The zero-order chi connectivity index (χ0) is 26.2. The number of hydrazine groups is 1. The minimum Gasteiger partial charge on any atom is -0.308 e. The largest absolute Gasteiger partial charge is 0.323 e. The van der Waals surface area contributed by atoms with E-state index >= 15 is 0 Å². The molecular weight excluding hydrogens is 472 g/mol. The Labute approximate surface area is 223 Å². The molecule has 6 heteroatoms. The van der Waals surface area contributed by atoms with Crippen LogP contribution in [0.1, 0.15) is 34.3 Å². The summed E-state index contributed by atoms with van der Waals surface area (Å²) in [6, 6.07) is 36.8. The molecular formula is C32H30N4O2. The molecule has 1 aliphatic heterocycles. The molecule has 0 bridgehead atoms. The summed E-state index contributed by atoms with van der Waals surface area (Å²) in [6.45, 7) is 1.45. The predicted octanol–water partition coefficient (Wildman–Crippen LogP) is 6.57. The van der Waals surface area contributed by atoms with E-state index in [4.69, 9.17) is 0 Å². The molecule has 190 valence electrons. The summed E-state index contributed by atoms with van der Waals surface area (Å²) in [6.07, 6.45) is 1.72. The van der Waals surface area contributed by atoms with Crippen molar-refractivity contribution in [2.75, 3.05) is 23.7 Å². The topological polar surface area (TPSA) is 73.5 Å². The maximum Gasteiger partial charge on any atom is 0.323 e. The second-order valence-corrected chi connectivity index (χ2v) is 9.16. The summed E-state index contributed by atoms with van der Waals surface area (Å²) in [7, 11) is 0. The fraction of sp³-hybridized carbons (Fsp3) is 0.125. The van der Waals surface area contributed by atoms with E-state index in [1.165, 1.54) is 22.3 Å². The highest BCUT2D eigenvalue weighted by atomic mass is 16.2. The third kappa shape index (κ3) is 6.35. The Morgan fingerprint density at radius 3 is 1.68 bits per heavy atom. The van der Waals surface area contributed by atoms with Crippen molar-refractivity contribution in [1.82, 2.24) is 10.4 Å². The lowest BCUT2D eigenvalue weighted by Crippen LogP contribution is -2.45. The monoisotopic (exact) mass is 502 g/mol. The van der Waals surface area contributed by atoms with E-state index in [0.717, 1.165) is 25.9 Å². The SMILES string of the molecule is O=C(Nc1ccccc1)Nc1cccc(C(=O)NN2CCC(=C(c3ccccc3)c3ccccc3)CC2)c1. The molecule has 1 heterocycles. The first-order chi connectivity index (χ1) is 18.7. The molecule has 0 aliphatic carbocycles. The first kappa shape index (κ1) is 25.0. The number of anilines is 2. The maximum absolute atomic E-state index is 13.0. The Hall–Kier alpha value is -4.68. The normalized spacial score (nSPS) is 13.4. The molecule has 3 amide bonds. The van der Waals surface area contributed by atoms with Crippen LogP contribution in [-0.4, -0.2) is 30.0 Å². The van der Waals surface area contributed by atoms with Gasteiger partial charge in [0.15, 0.2) is 0 Å². The number of rotatable bonds is 6. The Kier molecular flexibility index (Phi) is 7.92. The van der Waals surface area contributed by atoms with Crippen molar-refractivity contribution >= 4 is 28.9 Å². The second-order valence-electron chi connectivity index (χ2n) is 9.16. The summed E-state index contributed by atoms with van der Waals surface area (Å²) in [5, 5.41) is 7.54. The van der Waals surface area contributed by atoms with Gasteiger partial charge in [-0.25, -0.2) is 9.80 Å². The highest BCUT2D eigenvalue weighted by Crippen LogP contribution is 2.32. The van der Waals surface area contributed by atoms with Gasteiger partial charge in [-0.05, 0) is 59.9 Å². The van der Waals surface area contributed by atoms with Crippen LogP contribution in [-0.2, 0) is 0 Å². The number of piperidine rings is 1. The van der Waals surface area contributed by atoms with Gasteiger partial charge in [0.25, 0.3) is 5.91 Å². The number of nitrogens with one attached hydrogen (secondary N) is 3. The number of carbonyl (C=O) groups excluding carboxylic acids is 2. The lowest BCUT2D eigenvalue weighted by Gasteiger charge is -2.30. The van der Waals surface area contributed by atoms with Gasteiger partial charge in [0.2, 0.25) is 0 Å². The van der Waals surface area contributed by atoms with Crippen LogP contribution in [0.4, 0.5) is 16.2 Å². The molecule has 0 unspecified atom stereocenters. The number of nitrogens with zero attached hydrogens (tertiary/aromatic N) is 1. The van der Waals surface area contributed by atoms with Crippen molar-refractivity contribution in [2.45, 2.75) is 12.8 Å². The Bertz CT molecular complexity index is 1370. The van der Waals surface area contributed by atoms with Crippen molar-refractivity contribution in [3.63, 3.8) is 0 Å². The molecule has 4 aromatic carbocycles. The molecule has 1 fully saturated rings. The second kappa shape index (κ2) is 12.0. The van der Waals surface area contributed by atoms with Crippen LogP contribution in [0.3, 0.4) is 0 Å². The number of benzene rings is 4. The van der Waals surface area contributed by atoms with Crippen molar-refractivity contribution in [3.05, 3.63) is 138 Å². The Morgan fingerprint density at radius 1 is 0.579 bits per heavy atom. The van der Waals surface area contributed by atoms with Gasteiger partial charge in [0.1, 0.15) is 0 Å². The lowest BCUT2D eigenvalue weighted by molar-refractivity contribution is 0.0773. The van der Waals surface area contributed by atoms with Crippen LogP contribution in [0.5, 0.6) is 0 Å². The van der Waals surface area contributed by atoms with E-state index in [2.05, 4.69) is 64.6 Å². The lowest BCUT2D eigenvalue weighted by atomic mass is 9.89. The smallest absolute Gasteiger partial charge is 0.308 e. The van der Waals surface area contributed by atoms with Gasteiger partial charge in [0, 0.05) is 30.0 Å². The van der Waals surface area contributed by atoms with Crippen LogP contribution in [0.15, 0.2) is 121 Å². The summed E-state index contributed by atoms with van der Waals surface area (Å²) in [5.41, 5.74) is 9.87. The van der Waals surface area contributed by atoms with E-state index in [1.54, 1.807) is 24.3 Å². The fourth-order valence-corrected chi connectivity index (χ4v) is 4.68. The molecule has 0 spiro atoms. The van der Waals surface area contributed by atoms with E-state index in [-0.39, 0.29) is 11.9 Å². The quantitative estimate of drug-likeness (QED) is 0.279. The minimum atomic E-state index is -0.364. The molecule has 3 N–H and O–H groups in total. The van der Waals surface area contributed by atoms with Crippen LogP contribution < -0.4 is 16.1 Å². The minimum absolute atomic E-state index is 0.198. The van der Waals surface area contributed by atoms with Crippen LogP contribution in [0.2, 0.25) is 0 Å². The number of amides is 3.